The van der Waals surface area contributed by atoms with Crippen LogP contribution in [0.2, 0.25) is 0 Å². The number of nitro groups is 2. The minimum atomic E-state index is -1.67. The first-order chi connectivity index (χ1) is 10.3. The van der Waals surface area contributed by atoms with Gasteiger partial charge in [-0.3, -0.25) is 25.2 Å². The molecule has 0 aromatic heterocycles. The normalized spacial score (nSPS) is 11.3. The van der Waals surface area contributed by atoms with Crippen LogP contribution in [0.15, 0.2) is 17.1 Å². The monoisotopic (exact) mass is 333 g/mol. The summed E-state index contributed by atoms with van der Waals surface area (Å²) in [5.74, 6) is -0.859. The average Bonchev–Trinajstić information content (AvgIpc) is 2.49. The van der Waals surface area contributed by atoms with Crippen LogP contribution < -0.4 is 0 Å². The molecule has 0 bridgehead atoms. The zero-order chi connectivity index (χ0) is 16.9. The Morgan fingerprint density at radius 1 is 1.09 bits per heavy atom. The van der Waals surface area contributed by atoms with E-state index in [9.17, 15) is 25.3 Å². The third-order valence-electron chi connectivity index (χ3n) is 2.87. The van der Waals surface area contributed by atoms with Crippen molar-refractivity contribution in [3.63, 3.8) is 0 Å². The Labute approximate surface area is 128 Å². The predicted octanol–water partition coefficient (Wildman–Crippen LogP) is -1.48. The Morgan fingerprint density at radius 2 is 1.61 bits per heavy atom. The van der Waals surface area contributed by atoms with E-state index in [0.717, 1.165) is 12.3 Å². The molecular weight excluding hydrogens is 318 g/mol. The number of aliphatic hydroxyl groups is 3. The van der Waals surface area contributed by atoms with Crippen LogP contribution in [0.4, 0.5) is 11.4 Å². The van der Waals surface area contributed by atoms with Crippen LogP contribution in [0.5, 0.6) is 5.75 Å². The minimum absolute atomic E-state index is 0. The third kappa shape index (κ3) is 4.40. The highest BCUT2D eigenvalue weighted by Gasteiger charge is 2.28. The fourth-order valence-corrected chi connectivity index (χ4v) is 1.45. The Bertz CT molecular complexity index is 605. The van der Waals surface area contributed by atoms with Crippen molar-refractivity contribution in [1.82, 2.24) is 0 Å². The maximum Gasteiger partial charge on any atom is 0.318 e. The van der Waals surface area contributed by atoms with Crippen molar-refractivity contribution in [3.8, 4) is 5.75 Å². The Morgan fingerprint density at radius 3 is 2.00 bits per heavy atom. The van der Waals surface area contributed by atoms with Gasteiger partial charge in [0, 0.05) is 17.8 Å². The minimum Gasteiger partial charge on any atom is -0.502 e. The van der Waals surface area contributed by atoms with Gasteiger partial charge >= 0.3 is 5.69 Å². The number of phenols is 1. The number of aliphatic hydroxyl groups excluding tert-OH is 3. The molecule has 128 valence electrons. The molecule has 12 heteroatoms. The van der Waals surface area contributed by atoms with E-state index in [-0.39, 0.29) is 11.0 Å². The number of rotatable bonds is 7. The van der Waals surface area contributed by atoms with Gasteiger partial charge in [0.15, 0.2) is 0 Å². The lowest BCUT2D eigenvalue weighted by molar-refractivity contribution is -0.394. The molecule has 0 radical (unpaired) electrons. The highest BCUT2D eigenvalue weighted by molar-refractivity contribution is 5.87. The van der Waals surface area contributed by atoms with E-state index in [1.165, 1.54) is 0 Å². The van der Waals surface area contributed by atoms with Crippen LogP contribution in [-0.4, -0.2) is 67.3 Å². The molecule has 1 aromatic rings. The SMILES string of the molecule is O.O=[N+]([O-])c1cc(C=NC(CO)(CO)CO)c(O)c([N+](=O)[O-])c1. The Balaban J connectivity index is 0.00000484. The molecule has 0 heterocycles. The van der Waals surface area contributed by atoms with Crippen molar-refractivity contribution in [3.05, 3.63) is 37.9 Å². The van der Waals surface area contributed by atoms with E-state index in [2.05, 4.69) is 4.99 Å². The molecule has 12 nitrogen and oxygen atoms in total. The second kappa shape index (κ2) is 8.09. The van der Waals surface area contributed by atoms with Crippen molar-refractivity contribution in [2.75, 3.05) is 19.8 Å². The molecule has 0 spiro atoms. The molecule has 0 atom stereocenters. The van der Waals surface area contributed by atoms with Gasteiger partial charge in [0.1, 0.15) is 5.54 Å². The zero-order valence-corrected chi connectivity index (χ0v) is 11.6. The number of nitro benzene ring substituents is 2. The number of non-ortho nitro benzene ring substituents is 1. The van der Waals surface area contributed by atoms with Crippen LogP contribution >= 0.6 is 0 Å². The maximum atomic E-state index is 10.8. The summed E-state index contributed by atoms with van der Waals surface area (Å²) in [5.41, 5.74) is -3.57. The largest absolute Gasteiger partial charge is 0.502 e. The number of aliphatic imine (C=N–C) groups is 1. The molecule has 1 aromatic carbocycles. The number of nitrogens with zero attached hydrogens (tertiary/aromatic N) is 3. The lowest BCUT2D eigenvalue weighted by Gasteiger charge is -2.21. The molecule has 0 fully saturated rings. The molecule has 0 unspecified atom stereocenters. The summed E-state index contributed by atoms with van der Waals surface area (Å²) in [5, 5.41) is 58.6. The smallest absolute Gasteiger partial charge is 0.318 e. The molecular formula is C11H15N3O9. The van der Waals surface area contributed by atoms with Crippen molar-refractivity contribution < 1.29 is 35.7 Å². The molecule has 1 rings (SSSR count). The molecule has 23 heavy (non-hydrogen) atoms. The summed E-state index contributed by atoms with van der Waals surface area (Å²) < 4.78 is 0. The molecule has 0 amide bonds. The molecule has 0 aliphatic carbocycles. The van der Waals surface area contributed by atoms with Crippen molar-refractivity contribution in [2.24, 2.45) is 4.99 Å². The van der Waals surface area contributed by atoms with Gasteiger partial charge in [0.2, 0.25) is 5.75 Å². The Kier molecular flexibility index (Phi) is 7.15. The standard InChI is InChI=1S/C11H13N3O8.H2O/c15-4-11(5-16,6-17)12-3-7-1-8(13(19)20)2-9(10(7)18)14(21)22;/h1-3,15-18H,4-6H2;1H2. The number of phenolic OH excluding ortho intramolecular Hbond substituents is 1. The topological polar surface area (TPSA) is 211 Å². The van der Waals surface area contributed by atoms with Gasteiger partial charge in [-0.15, -0.1) is 0 Å². The highest BCUT2D eigenvalue weighted by atomic mass is 16.6. The average molecular weight is 333 g/mol. The van der Waals surface area contributed by atoms with Crippen LogP contribution in [0.1, 0.15) is 5.56 Å². The molecule has 0 saturated heterocycles. The molecule has 0 aliphatic heterocycles. The van der Waals surface area contributed by atoms with Gasteiger partial charge in [-0.05, 0) is 0 Å². The van der Waals surface area contributed by atoms with E-state index >= 15 is 0 Å². The number of benzene rings is 1. The summed E-state index contributed by atoms with van der Waals surface area (Å²) in [6.45, 7) is -2.23. The van der Waals surface area contributed by atoms with E-state index < -0.39 is 52.3 Å². The van der Waals surface area contributed by atoms with Crippen molar-refractivity contribution in [2.45, 2.75) is 5.54 Å². The lowest BCUT2D eigenvalue weighted by Crippen LogP contribution is -2.39. The van der Waals surface area contributed by atoms with Crippen LogP contribution in [0, 0.1) is 20.2 Å². The molecule has 0 aliphatic rings. The van der Waals surface area contributed by atoms with Crippen molar-refractivity contribution >= 4 is 17.6 Å². The van der Waals surface area contributed by atoms with Gasteiger partial charge in [-0.2, -0.15) is 0 Å². The van der Waals surface area contributed by atoms with Gasteiger partial charge < -0.3 is 25.9 Å². The van der Waals surface area contributed by atoms with Gasteiger partial charge in [0.05, 0.1) is 35.7 Å². The number of aromatic hydroxyl groups is 1. The van der Waals surface area contributed by atoms with Crippen LogP contribution in [0.3, 0.4) is 0 Å². The summed E-state index contributed by atoms with van der Waals surface area (Å²) >= 11 is 0. The fraction of sp³-hybridized carbons (Fsp3) is 0.364. The number of hydrogen-bond donors (Lipinski definition) is 4. The van der Waals surface area contributed by atoms with Gasteiger partial charge in [0.25, 0.3) is 5.69 Å². The first kappa shape index (κ1) is 20.3. The Hall–Kier alpha value is -2.67. The van der Waals surface area contributed by atoms with E-state index in [1.54, 1.807) is 0 Å². The maximum absolute atomic E-state index is 10.8. The van der Waals surface area contributed by atoms with E-state index in [1.807, 2.05) is 0 Å². The first-order valence-corrected chi connectivity index (χ1v) is 5.84. The lowest BCUT2D eigenvalue weighted by atomic mass is 10.0. The quantitative estimate of drug-likeness (QED) is 0.261. The van der Waals surface area contributed by atoms with Crippen molar-refractivity contribution in [1.29, 1.82) is 0 Å². The highest BCUT2D eigenvalue weighted by Crippen LogP contribution is 2.33. The van der Waals surface area contributed by atoms with Crippen LogP contribution in [0.25, 0.3) is 0 Å². The van der Waals surface area contributed by atoms with E-state index in [0.29, 0.717) is 6.07 Å². The first-order valence-electron chi connectivity index (χ1n) is 5.84. The van der Waals surface area contributed by atoms with Gasteiger partial charge in [-0.1, -0.05) is 0 Å². The van der Waals surface area contributed by atoms with Crippen LogP contribution in [-0.2, 0) is 0 Å². The summed E-state index contributed by atoms with van der Waals surface area (Å²) in [6, 6.07) is 1.42. The number of hydrogen-bond acceptors (Lipinski definition) is 9. The second-order valence-electron chi connectivity index (χ2n) is 4.37. The van der Waals surface area contributed by atoms with Gasteiger partial charge in [-0.25, -0.2) is 0 Å². The summed E-state index contributed by atoms with van der Waals surface area (Å²) in [6.07, 6.45) is 0.804. The fourth-order valence-electron chi connectivity index (χ4n) is 1.45. The molecule has 0 saturated carbocycles. The summed E-state index contributed by atoms with van der Waals surface area (Å²) in [4.78, 5) is 23.3. The molecule has 6 N–H and O–H groups in total. The third-order valence-corrected chi connectivity index (χ3v) is 2.87. The van der Waals surface area contributed by atoms with E-state index in [4.69, 9.17) is 15.3 Å². The second-order valence-corrected chi connectivity index (χ2v) is 4.37. The summed E-state index contributed by atoms with van der Waals surface area (Å²) in [7, 11) is 0. The predicted molar refractivity (Wildman–Crippen MR) is 76.6 cm³/mol. The zero-order valence-electron chi connectivity index (χ0n) is 11.6.